The van der Waals surface area contributed by atoms with Crippen LogP contribution in [0.25, 0.3) is 0 Å². The topological polar surface area (TPSA) is 55.1 Å². The van der Waals surface area contributed by atoms with Gasteiger partial charge in [0.15, 0.2) is 11.0 Å². The lowest BCUT2D eigenvalue weighted by Gasteiger charge is -2.13. The number of hydrogen-bond acceptors (Lipinski definition) is 5. The molecule has 0 aliphatic carbocycles. The number of aryl methyl sites for hydroxylation is 1. The van der Waals surface area contributed by atoms with Crippen LogP contribution in [0.5, 0.6) is 0 Å². The predicted molar refractivity (Wildman–Crippen MR) is 66.5 cm³/mol. The molecule has 0 aromatic carbocycles. The van der Waals surface area contributed by atoms with Crippen molar-refractivity contribution in [2.75, 3.05) is 5.75 Å². The molecule has 2 heterocycles. The molecule has 1 aromatic rings. The van der Waals surface area contributed by atoms with Gasteiger partial charge in [0.1, 0.15) is 6.33 Å². The van der Waals surface area contributed by atoms with Crippen molar-refractivity contribution < 1.29 is 0 Å². The van der Waals surface area contributed by atoms with E-state index in [0.29, 0.717) is 6.04 Å². The second kappa shape index (κ2) is 4.86. The third-order valence-electron chi connectivity index (χ3n) is 2.66. The first-order chi connectivity index (χ1) is 7.70. The Morgan fingerprint density at radius 2 is 2.50 bits per heavy atom. The Morgan fingerprint density at radius 1 is 1.69 bits per heavy atom. The predicted octanol–water partition coefficient (Wildman–Crippen LogP) is 1.35. The average molecular weight is 239 g/mol. The molecule has 1 N–H and O–H groups in total. The fraction of sp³-hybridized carbons (Fsp3) is 0.700. The van der Waals surface area contributed by atoms with E-state index in [4.69, 9.17) is 0 Å². The van der Waals surface area contributed by atoms with Crippen LogP contribution in [-0.4, -0.2) is 31.7 Å². The van der Waals surface area contributed by atoms with Gasteiger partial charge in [0.25, 0.3) is 0 Å². The van der Waals surface area contributed by atoms with Crippen molar-refractivity contribution in [3.63, 3.8) is 0 Å². The van der Waals surface area contributed by atoms with Gasteiger partial charge < -0.3 is 9.88 Å². The highest BCUT2D eigenvalue weighted by Crippen LogP contribution is 2.20. The van der Waals surface area contributed by atoms with Crippen LogP contribution in [0.3, 0.4) is 0 Å². The molecule has 0 radical (unpaired) electrons. The van der Waals surface area contributed by atoms with Gasteiger partial charge in [-0.25, -0.2) is 0 Å². The van der Waals surface area contributed by atoms with E-state index in [1.54, 1.807) is 18.1 Å². The minimum Gasteiger partial charge on any atom is -0.355 e. The zero-order valence-corrected chi connectivity index (χ0v) is 10.7. The molecule has 88 valence electrons. The van der Waals surface area contributed by atoms with Gasteiger partial charge in [0.2, 0.25) is 0 Å². The molecule has 1 aliphatic heterocycles. The smallest absolute Gasteiger partial charge is 0.157 e. The molecule has 6 heteroatoms. The maximum Gasteiger partial charge on any atom is 0.157 e. The number of rotatable bonds is 3. The van der Waals surface area contributed by atoms with Crippen LogP contribution < -0.4 is 5.32 Å². The molecular formula is C10H17N5S. The van der Waals surface area contributed by atoms with Gasteiger partial charge >= 0.3 is 0 Å². The van der Waals surface area contributed by atoms with Crippen LogP contribution in [0.15, 0.2) is 11.3 Å². The summed E-state index contributed by atoms with van der Waals surface area (Å²) >= 11 is 1.79. The number of aliphatic imine (C=N–C) groups is 1. The van der Waals surface area contributed by atoms with Gasteiger partial charge in [-0.15, -0.1) is 10.2 Å². The summed E-state index contributed by atoms with van der Waals surface area (Å²) < 4.78 is 1.93. The van der Waals surface area contributed by atoms with Crippen molar-refractivity contribution in [3.05, 3.63) is 12.2 Å². The zero-order chi connectivity index (χ0) is 11.5. The van der Waals surface area contributed by atoms with Gasteiger partial charge in [-0.3, -0.25) is 4.99 Å². The normalized spacial score (nSPS) is 21.9. The maximum absolute atomic E-state index is 4.60. The molecule has 0 bridgehead atoms. The number of amidine groups is 1. The lowest BCUT2D eigenvalue weighted by Crippen LogP contribution is -2.25. The molecule has 0 fully saturated rings. The molecule has 16 heavy (non-hydrogen) atoms. The molecule has 2 unspecified atom stereocenters. The molecule has 2 atom stereocenters. The van der Waals surface area contributed by atoms with Crippen molar-refractivity contribution in [3.8, 4) is 0 Å². The summed E-state index contributed by atoms with van der Waals surface area (Å²) in [5.41, 5.74) is 0. The molecule has 0 amide bonds. The standard InChI is InChI=1S/C10H17N5S/c1-4-8-5-16-10(13-8)12-7(2)9-14-11-6-15(9)3/h6-8H,4-5H2,1-3H3,(H,12,13). The molecule has 0 saturated heterocycles. The molecule has 2 rings (SSSR count). The van der Waals surface area contributed by atoms with E-state index in [0.717, 1.165) is 23.2 Å². The minimum atomic E-state index is 0.148. The molecule has 0 saturated carbocycles. The first-order valence-corrected chi connectivity index (χ1v) is 6.50. The zero-order valence-electron chi connectivity index (χ0n) is 9.84. The lowest BCUT2D eigenvalue weighted by molar-refractivity contribution is 0.626. The average Bonchev–Trinajstić information content (AvgIpc) is 2.86. The highest BCUT2D eigenvalue weighted by Gasteiger charge is 2.19. The van der Waals surface area contributed by atoms with Crippen molar-refractivity contribution in [1.82, 2.24) is 20.1 Å². The van der Waals surface area contributed by atoms with Crippen LogP contribution >= 0.6 is 11.8 Å². The Balaban J connectivity index is 1.98. The summed E-state index contributed by atoms with van der Waals surface area (Å²) in [4.78, 5) is 4.60. The molecule has 0 spiro atoms. The Hall–Kier alpha value is -1.04. The number of thioether (sulfide) groups is 1. The quantitative estimate of drug-likeness (QED) is 0.865. The van der Waals surface area contributed by atoms with E-state index in [-0.39, 0.29) is 6.04 Å². The summed E-state index contributed by atoms with van der Waals surface area (Å²) in [6.45, 7) is 4.25. The Kier molecular flexibility index (Phi) is 3.48. The monoisotopic (exact) mass is 239 g/mol. The largest absolute Gasteiger partial charge is 0.355 e. The number of nitrogens with zero attached hydrogens (tertiary/aromatic N) is 4. The van der Waals surface area contributed by atoms with Crippen LogP contribution in [0.2, 0.25) is 0 Å². The maximum atomic E-state index is 4.60. The van der Waals surface area contributed by atoms with E-state index in [1.807, 2.05) is 11.6 Å². The van der Waals surface area contributed by atoms with E-state index in [2.05, 4.69) is 34.4 Å². The fourth-order valence-electron chi connectivity index (χ4n) is 1.64. The number of nitrogens with one attached hydrogen (secondary N) is 1. The summed E-state index contributed by atoms with van der Waals surface area (Å²) in [5.74, 6) is 2.02. The Bertz CT molecular complexity index is 386. The van der Waals surface area contributed by atoms with Crippen molar-refractivity contribution >= 4 is 16.9 Å². The van der Waals surface area contributed by atoms with E-state index in [1.165, 1.54) is 0 Å². The lowest BCUT2D eigenvalue weighted by atomic mass is 10.3. The molecular weight excluding hydrogens is 222 g/mol. The highest BCUT2D eigenvalue weighted by atomic mass is 32.2. The van der Waals surface area contributed by atoms with Gasteiger partial charge in [-0.05, 0) is 13.3 Å². The van der Waals surface area contributed by atoms with Crippen LogP contribution in [-0.2, 0) is 7.05 Å². The van der Waals surface area contributed by atoms with Crippen molar-refractivity contribution in [2.45, 2.75) is 32.4 Å². The van der Waals surface area contributed by atoms with Crippen molar-refractivity contribution in [1.29, 1.82) is 0 Å². The molecule has 1 aliphatic rings. The summed E-state index contributed by atoms with van der Waals surface area (Å²) in [7, 11) is 1.95. The van der Waals surface area contributed by atoms with Crippen LogP contribution in [0.1, 0.15) is 32.1 Å². The minimum absolute atomic E-state index is 0.148. The third kappa shape index (κ3) is 2.37. The van der Waals surface area contributed by atoms with Crippen LogP contribution in [0.4, 0.5) is 0 Å². The summed E-state index contributed by atoms with van der Waals surface area (Å²) in [6, 6.07) is 0.619. The van der Waals surface area contributed by atoms with Crippen molar-refractivity contribution in [2.24, 2.45) is 12.0 Å². The number of aromatic nitrogens is 3. The van der Waals surface area contributed by atoms with E-state index in [9.17, 15) is 0 Å². The first kappa shape index (κ1) is 11.4. The summed E-state index contributed by atoms with van der Waals surface area (Å²) in [5, 5.41) is 12.4. The second-order valence-electron chi connectivity index (χ2n) is 3.97. The number of hydrogen-bond donors (Lipinski definition) is 1. The first-order valence-electron chi connectivity index (χ1n) is 5.51. The van der Waals surface area contributed by atoms with Gasteiger partial charge in [0.05, 0.1) is 12.1 Å². The van der Waals surface area contributed by atoms with Gasteiger partial charge in [-0.1, -0.05) is 18.7 Å². The Labute approximate surface area is 99.7 Å². The Morgan fingerprint density at radius 3 is 3.06 bits per heavy atom. The third-order valence-corrected chi connectivity index (χ3v) is 3.71. The SMILES string of the molecule is CCC1CSC(NC(C)c2nncn2C)=N1. The van der Waals surface area contributed by atoms with E-state index < -0.39 is 0 Å². The van der Waals surface area contributed by atoms with E-state index >= 15 is 0 Å². The van der Waals surface area contributed by atoms with Crippen LogP contribution in [0, 0.1) is 0 Å². The second-order valence-corrected chi connectivity index (χ2v) is 4.98. The molecule has 5 nitrogen and oxygen atoms in total. The summed E-state index contributed by atoms with van der Waals surface area (Å²) in [6.07, 6.45) is 2.82. The van der Waals surface area contributed by atoms with Gasteiger partial charge in [-0.2, -0.15) is 0 Å². The fourth-order valence-corrected chi connectivity index (χ4v) is 2.78. The molecule has 1 aromatic heterocycles. The highest BCUT2D eigenvalue weighted by molar-refractivity contribution is 8.14. The van der Waals surface area contributed by atoms with Gasteiger partial charge in [0, 0.05) is 12.8 Å².